The molecule has 1 fully saturated rings. The molecule has 0 spiro atoms. The molecule has 2 rings (SSSR count). The summed E-state index contributed by atoms with van der Waals surface area (Å²) in [5.74, 6) is 0.112. The van der Waals surface area contributed by atoms with E-state index in [-0.39, 0.29) is 11.3 Å². The Kier molecular flexibility index (Phi) is 3.66. The van der Waals surface area contributed by atoms with Crippen molar-refractivity contribution < 1.29 is 19.1 Å². The highest BCUT2D eigenvalue weighted by Crippen LogP contribution is 2.41. The van der Waals surface area contributed by atoms with Gasteiger partial charge in [0.05, 0.1) is 0 Å². The standard InChI is InChI=1S/C13H19NO4S/c1-7-6-19-11-9(17-5)10(15)14(11)8(7)12(16)18-13(2,3)4/h9,11H,6H2,1-5H3. The highest BCUT2D eigenvalue weighted by molar-refractivity contribution is 8.00. The third-order valence-electron chi connectivity index (χ3n) is 2.96. The number of nitrogens with zero attached hydrogens (tertiary/aromatic N) is 1. The van der Waals surface area contributed by atoms with Crippen molar-refractivity contribution in [1.82, 2.24) is 4.90 Å². The fraction of sp³-hybridized carbons (Fsp3) is 0.692. The van der Waals surface area contributed by atoms with Gasteiger partial charge in [-0.1, -0.05) is 0 Å². The lowest BCUT2D eigenvalue weighted by Gasteiger charge is -2.48. The van der Waals surface area contributed by atoms with Gasteiger partial charge in [-0.05, 0) is 33.3 Å². The highest BCUT2D eigenvalue weighted by atomic mass is 32.2. The van der Waals surface area contributed by atoms with Gasteiger partial charge in [0.25, 0.3) is 5.91 Å². The van der Waals surface area contributed by atoms with Gasteiger partial charge in [-0.2, -0.15) is 0 Å². The molecule has 2 aliphatic heterocycles. The number of carbonyl (C=O) groups excluding carboxylic acids is 2. The van der Waals surface area contributed by atoms with E-state index >= 15 is 0 Å². The van der Waals surface area contributed by atoms with Gasteiger partial charge in [0.2, 0.25) is 0 Å². The lowest BCUT2D eigenvalue weighted by Crippen LogP contribution is -2.65. The number of carbonyl (C=O) groups is 2. The van der Waals surface area contributed by atoms with Crippen molar-refractivity contribution in [2.45, 2.75) is 44.8 Å². The Labute approximate surface area is 117 Å². The summed E-state index contributed by atoms with van der Waals surface area (Å²) in [5.41, 5.74) is 0.689. The van der Waals surface area contributed by atoms with Crippen LogP contribution in [0.3, 0.4) is 0 Å². The number of hydrogen-bond acceptors (Lipinski definition) is 5. The number of methoxy groups -OCH3 is 1. The monoisotopic (exact) mass is 285 g/mol. The van der Waals surface area contributed by atoms with Crippen LogP contribution in [0.1, 0.15) is 27.7 Å². The minimum Gasteiger partial charge on any atom is -0.455 e. The Morgan fingerprint density at radius 1 is 1.42 bits per heavy atom. The molecule has 0 aromatic rings. The third kappa shape index (κ3) is 2.51. The molecule has 2 atom stereocenters. The van der Waals surface area contributed by atoms with E-state index in [9.17, 15) is 9.59 Å². The molecule has 106 valence electrons. The molecular weight excluding hydrogens is 266 g/mol. The Morgan fingerprint density at radius 3 is 2.58 bits per heavy atom. The minimum atomic E-state index is -0.570. The molecule has 2 unspecified atom stereocenters. The van der Waals surface area contributed by atoms with E-state index in [1.807, 2.05) is 27.7 Å². The molecule has 2 heterocycles. The lowest BCUT2D eigenvalue weighted by molar-refractivity contribution is -0.166. The molecule has 0 aliphatic carbocycles. The summed E-state index contributed by atoms with van der Waals surface area (Å²) in [6.07, 6.45) is -0.449. The number of amides is 1. The summed E-state index contributed by atoms with van der Waals surface area (Å²) in [6, 6.07) is 0. The van der Waals surface area contributed by atoms with Crippen LogP contribution in [0.15, 0.2) is 11.3 Å². The van der Waals surface area contributed by atoms with Crippen molar-refractivity contribution in [3.05, 3.63) is 11.3 Å². The van der Waals surface area contributed by atoms with Crippen molar-refractivity contribution in [1.29, 1.82) is 0 Å². The van der Waals surface area contributed by atoms with E-state index in [4.69, 9.17) is 9.47 Å². The van der Waals surface area contributed by atoms with Gasteiger partial charge in [0.15, 0.2) is 6.10 Å². The second-order valence-corrected chi connectivity index (χ2v) is 6.80. The van der Waals surface area contributed by atoms with Crippen molar-refractivity contribution in [2.24, 2.45) is 0 Å². The van der Waals surface area contributed by atoms with Gasteiger partial charge in [-0.15, -0.1) is 11.8 Å². The Hall–Kier alpha value is -1.01. The van der Waals surface area contributed by atoms with Crippen LogP contribution in [-0.4, -0.2) is 46.7 Å². The number of β-lactam (4-membered cyclic amide) rings is 1. The van der Waals surface area contributed by atoms with E-state index in [0.29, 0.717) is 11.4 Å². The molecule has 1 saturated heterocycles. The molecule has 0 aromatic heterocycles. The molecule has 0 N–H and O–H groups in total. The van der Waals surface area contributed by atoms with Crippen LogP contribution in [-0.2, 0) is 19.1 Å². The van der Waals surface area contributed by atoms with E-state index in [0.717, 1.165) is 5.57 Å². The summed E-state index contributed by atoms with van der Waals surface area (Å²) in [6.45, 7) is 7.29. The van der Waals surface area contributed by atoms with Gasteiger partial charge in [-0.3, -0.25) is 9.69 Å². The Morgan fingerprint density at radius 2 is 2.05 bits per heavy atom. The zero-order valence-corrected chi connectivity index (χ0v) is 12.7. The smallest absolute Gasteiger partial charge is 0.355 e. The maximum Gasteiger partial charge on any atom is 0.355 e. The van der Waals surface area contributed by atoms with Crippen molar-refractivity contribution >= 4 is 23.6 Å². The average Bonchev–Trinajstić information content (AvgIpc) is 2.27. The molecule has 6 heteroatoms. The number of ether oxygens (including phenoxy) is 2. The lowest BCUT2D eigenvalue weighted by atomic mass is 10.1. The first kappa shape index (κ1) is 14.4. The van der Waals surface area contributed by atoms with Crippen LogP contribution < -0.4 is 0 Å². The topological polar surface area (TPSA) is 55.8 Å². The summed E-state index contributed by atoms with van der Waals surface area (Å²) in [7, 11) is 1.51. The van der Waals surface area contributed by atoms with Gasteiger partial charge in [0, 0.05) is 12.9 Å². The second-order valence-electron chi connectivity index (χ2n) is 5.70. The maximum absolute atomic E-state index is 12.2. The largest absolute Gasteiger partial charge is 0.455 e. The van der Waals surface area contributed by atoms with E-state index in [2.05, 4.69) is 0 Å². The molecular formula is C13H19NO4S. The van der Waals surface area contributed by atoms with E-state index in [1.165, 1.54) is 12.0 Å². The maximum atomic E-state index is 12.2. The van der Waals surface area contributed by atoms with Crippen LogP contribution in [0.4, 0.5) is 0 Å². The molecule has 0 radical (unpaired) electrons. The zero-order chi connectivity index (χ0) is 14.4. The Bertz CT molecular complexity index is 452. The fourth-order valence-electron chi connectivity index (χ4n) is 2.14. The zero-order valence-electron chi connectivity index (χ0n) is 11.9. The summed E-state index contributed by atoms with van der Waals surface area (Å²) >= 11 is 1.61. The van der Waals surface area contributed by atoms with Gasteiger partial charge < -0.3 is 9.47 Å². The summed E-state index contributed by atoms with van der Waals surface area (Å²) < 4.78 is 10.5. The summed E-state index contributed by atoms with van der Waals surface area (Å²) in [5, 5.41) is -0.108. The molecule has 5 nitrogen and oxygen atoms in total. The van der Waals surface area contributed by atoms with Crippen molar-refractivity contribution in [3.8, 4) is 0 Å². The number of rotatable bonds is 2. The van der Waals surface area contributed by atoms with Crippen molar-refractivity contribution in [3.63, 3.8) is 0 Å². The van der Waals surface area contributed by atoms with Gasteiger partial charge in [-0.25, -0.2) is 4.79 Å². The molecule has 1 amide bonds. The first-order valence-electron chi connectivity index (χ1n) is 6.17. The first-order valence-corrected chi connectivity index (χ1v) is 7.21. The van der Waals surface area contributed by atoms with Crippen LogP contribution in [0.25, 0.3) is 0 Å². The fourth-order valence-corrected chi connectivity index (χ4v) is 3.46. The number of fused-ring (bicyclic) bond motifs is 1. The second kappa shape index (κ2) is 4.83. The minimum absolute atomic E-state index is 0.108. The SMILES string of the molecule is COC1C(=O)N2C(C(=O)OC(C)(C)C)=C(C)CSC12. The molecule has 0 bridgehead atoms. The van der Waals surface area contributed by atoms with E-state index in [1.54, 1.807) is 11.8 Å². The molecule has 0 saturated carbocycles. The van der Waals surface area contributed by atoms with Crippen LogP contribution in [0, 0.1) is 0 Å². The third-order valence-corrected chi connectivity index (χ3v) is 4.36. The summed E-state index contributed by atoms with van der Waals surface area (Å²) in [4.78, 5) is 25.7. The molecule has 19 heavy (non-hydrogen) atoms. The highest BCUT2D eigenvalue weighted by Gasteiger charge is 2.53. The van der Waals surface area contributed by atoms with Gasteiger partial charge >= 0.3 is 5.97 Å². The number of hydrogen-bond donors (Lipinski definition) is 0. The normalized spacial score (nSPS) is 27.0. The molecule has 2 aliphatic rings. The van der Waals surface area contributed by atoms with E-state index < -0.39 is 17.7 Å². The number of thioether (sulfide) groups is 1. The van der Waals surface area contributed by atoms with Crippen molar-refractivity contribution in [2.75, 3.05) is 12.9 Å². The quantitative estimate of drug-likeness (QED) is 0.569. The first-order chi connectivity index (χ1) is 8.76. The van der Waals surface area contributed by atoms with Crippen LogP contribution >= 0.6 is 11.8 Å². The van der Waals surface area contributed by atoms with Crippen LogP contribution in [0.5, 0.6) is 0 Å². The molecule has 0 aromatic carbocycles. The van der Waals surface area contributed by atoms with Crippen LogP contribution in [0.2, 0.25) is 0 Å². The predicted molar refractivity (Wildman–Crippen MR) is 72.4 cm³/mol. The average molecular weight is 285 g/mol. The van der Waals surface area contributed by atoms with Gasteiger partial charge in [0.1, 0.15) is 16.7 Å². The Balaban J connectivity index is 2.23. The number of esters is 1. The predicted octanol–water partition coefficient (Wildman–Crippen LogP) is 1.53.